The highest BCUT2D eigenvalue weighted by Crippen LogP contribution is 2.42. The second-order valence-electron chi connectivity index (χ2n) is 11.0. The van der Waals surface area contributed by atoms with Crippen LogP contribution in [0.25, 0.3) is 11.1 Å². The maximum Gasteiger partial charge on any atom is 0.417 e. The highest BCUT2D eigenvalue weighted by molar-refractivity contribution is 6.31. The van der Waals surface area contributed by atoms with Crippen LogP contribution in [0, 0.1) is 17.2 Å². The van der Waals surface area contributed by atoms with Gasteiger partial charge in [0.2, 0.25) is 5.91 Å². The fourth-order valence-electron chi connectivity index (χ4n) is 5.69. The lowest BCUT2D eigenvalue weighted by Crippen LogP contribution is -2.43. The molecule has 1 aliphatic carbocycles. The van der Waals surface area contributed by atoms with E-state index in [2.05, 4.69) is 40.6 Å². The minimum atomic E-state index is -4.60. The van der Waals surface area contributed by atoms with Gasteiger partial charge < -0.3 is 10.2 Å². The van der Waals surface area contributed by atoms with Gasteiger partial charge in [0.1, 0.15) is 0 Å². The van der Waals surface area contributed by atoms with E-state index in [0.717, 1.165) is 67.2 Å². The SMILES string of the molecule is N#Cc1cccc(-c2ccc(C3(CCC(=O)Nc4ccc(Cl)c(C(F)(F)F)c4)CCN(CC4CC4)CC3)cc2)c1. The molecule has 1 N–H and O–H groups in total. The molecule has 4 nitrogen and oxygen atoms in total. The van der Waals surface area contributed by atoms with Gasteiger partial charge in [-0.2, -0.15) is 18.4 Å². The smallest absolute Gasteiger partial charge is 0.326 e. The van der Waals surface area contributed by atoms with Crippen LogP contribution in [-0.2, 0) is 16.4 Å². The molecule has 1 amide bonds. The van der Waals surface area contributed by atoms with Crippen LogP contribution in [0.1, 0.15) is 55.2 Å². The van der Waals surface area contributed by atoms with Gasteiger partial charge in [-0.25, -0.2) is 0 Å². The predicted octanol–water partition coefficient (Wildman–Crippen LogP) is 8.06. The Labute approximate surface area is 237 Å². The van der Waals surface area contributed by atoms with E-state index in [4.69, 9.17) is 11.6 Å². The third-order valence-electron chi connectivity index (χ3n) is 8.23. The molecule has 0 atom stereocenters. The first kappa shape index (κ1) is 28.2. The summed E-state index contributed by atoms with van der Waals surface area (Å²) in [6.07, 6.45) is 0.620. The zero-order valence-electron chi connectivity index (χ0n) is 22.1. The molecule has 40 heavy (non-hydrogen) atoms. The van der Waals surface area contributed by atoms with Crippen molar-refractivity contribution in [1.29, 1.82) is 5.26 Å². The second kappa shape index (κ2) is 11.6. The number of rotatable bonds is 8. The predicted molar refractivity (Wildman–Crippen MR) is 151 cm³/mol. The molecule has 2 fully saturated rings. The summed E-state index contributed by atoms with van der Waals surface area (Å²) >= 11 is 5.73. The number of amides is 1. The number of halogens is 4. The number of anilines is 1. The largest absolute Gasteiger partial charge is 0.417 e. The molecule has 0 bridgehead atoms. The summed E-state index contributed by atoms with van der Waals surface area (Å²) in [5, 5.41) is 11.5. The van der Waals surface area contributed by atoms with Crippen molar-refractivity contribution in [2.24, 2.45) is 5.92 Å². The van der Waals surface area contributed by atoms with Crippen LogP contribution >= 0.6 is 11.6 Å². The van der Waals surface area contributed by atoms with Gasteiger partial charge in [0.25, 0.3) is 0 Å². The molecule has 1 saturated heterocycles. The van der Waals surface area contributed by atoms with Crippen LogP contribution < -0.4 is 5.32 Å². The first-order valence-electron chi connectivity index (χ1n) is 13.7. The number of nitrogens with one attached hydrogen (secondary N) is 1. The van der Waals surface area contributed by atoms with Crippen LogP contribution in [0.2, 0.25) is 5.02 Å². The van der Waals surface area contributed by atoms with E-state index < -0.39 is 16.8 Å². The zero-order chi connectivity index (χ0) is 28.3. The molecule has 3 aromatic carbocycles. The number of carbonyl (C=O) groups excluding carboxylic acids is 1. The normalized spacial score (nSPS) is 17.3. The molecule has 1 saturated carbocycles. The molecule has 5 rings (SSSR count). The van der Waals surface area contributed by atoms with E-state index in [9.17, 15) is 23.2 Å². The maximum absolute atomic E-state index is 13.3. The molecule has 3 aromatic rings. The summed E-state index contributed by atoms with van der Waals surface area (Å²) in [4.78, 5) is 15.4. The lowest BCUT2D eigenvalue weighted by molar-refractivity contribution is -0.137. The van der Waals surface area contributed by atoms with Gasteiger partial charge in [-0.15, -0.1) is 0 Å². The van der Waals surface area contributed by atoms with E-state index in [0.29, 0.717) is 12.0 Å². The number of hydrogen-bond donors (Lipinski definition) is 1. The molecular formula is C32H31ClF3N3O. The number of likely N-dealkylation sites (tertiary alicyclic amines) is 1. The number of benzene rings is 3. The highest BCUT2D eigenvalue weighted by atomic mass is 35.5. The van der Waals surface area contributed by atoms with E-state index in [1.807, 2.05) is 18.2 Å². The Hall–Kier alpha value is -3.34. The first-order chi connectivity index (χ1) is 19.1. The fourth-order valence-corrected chi connectivity index (χ4v) is 5.92. The van der Waals surface area contributed by atoms with Crippen LogP contribution in [0.4, 0.5) is 18.9 Å². The molecule has 2 aliphatic rings. The van der Waals surface area contributed by atoms with Crippen molar-refractivity contribution in [2.45, 2.75) is 50.1 Å². The molecule has 1 heterocycles. The Bertz CT molecular complexity index is 1400. The first-order valence-corrected chi connectivity index (χ1v) is 14.0. The minimum absolute atomic E-state index is 0.0824. The lowest BCUT2D eigenvalue weighted by atomic mass is 9.69. The molecule has 1 aliphatic heterocycles. The van der Waals surface area contributed by atoms with E-state index in [1.165, 1.54) is 18.9 Å². The van der Waals surface area contributed by atoms with Crippen molar-refractivity contribution in [3.8, 4) is 17.2 Å². The van der Waals surface area contributed by atoms with Gasteiger partial charge in [-0.3, -0.25) is 4.79 Å². The number of piperidine rings is 1. The van der Waals surface area contributed by atoms with Gasteiger partial charge in [-0.1, -0.05) is 48.0 Å². The fraction of sp³-hybridized carbons (Fsp3) is 0.375. The van der Waals surface area contributed by atoms with Crippen LogP contribution in [-0.4, -0.2) is 30.4 Å². The van der Waals surface area contributed by atoms with Crippen molar-refractivity contribution in [3.05, 3.63) is 88.4 Å². The quantitative estimate of drug-likeness (QED) is 0.300. The zero-order valence-corrected chi connectivity index (χ0v) is 22.9. The van der Waals surface area contributed by atoms with Crippen molar-refractivity contribution in [1.82, 2.24) is 4.90 Å². The third-order valence-corrected chi connectivity index (χ3v) is 8.56. The summed E-state index contributed by atoms with van der Waals surface area (Å²) in [6, 6.07) is 21.5. The van der Waals surface area contributed by atoms with Gasteiger partial charge >= 0.3 is 6.18 Å². The molecule has 0 radical (unpaired) electrons. The lowest BCUT2D eigenvalue weighted by Gasteiger charge is -2.42. The Kier molecular flexibility index (Phi) is 8.21. The molecular weight excluding hydrogens is 535 g/mol. The average Bonchev–Trinajstić information content (AvgIpc) is 3.77. The summed E-state index contributed by atoms with van der Waals surface area (Å²) in [6.45, 7) is 3.04. The standard InChI is InChI=1S/C32H31ClF3N3O/c33-29-11-10-27(19-28(29)32(34,35)36)38-30(40)12-13-31(14-16-39(17-15-31)21-22-4-5-22)26-8-6-24(7-9-26)25-3-1-2-23(18-25)20-37/h1-3,6-11,18-19,22H,4-5,12-17,21H2,(H,38,40). The Balaban J connectivity index is 1.32. The molecule has 0 spiro atoms. The topological polar surface area (TPSA) is 56.1 Å². The molecule has 0 aromatic heterocycles. The minimum Gasteiger partial charge on any atom is -0.326 e. The number of alkyl halides is 3. The van der Waals surface area contributed by atoms with Crippen LogP contribution in [0.15, 0.2) is 66.7 Å². The summed E-state index contributed by atoms with van der Waals surface area (Å²) < 4.78 is 39.8. The van der Waals surface area contributed by atoms with Gasteiger partial charge in [-0.05, 0) is 104 Å². The maximum atomic E-state index is 13.3. The second-order valence-corrected chi connectivity index (χ2v) is 11.4. The van der Waals surface area contributed by atoms with Crippen molar-refractivity contribution >= 4 is 23.2 Å². The molecule has 208 valence electrons. The monoisotopic (exact) mass is 565 g/mol. The van der Waals surface area contributed by atoms with Crippen LogP contribution in [0.3, 0.4) is 0 Å². The third kappa shape index (κ3) is 6.68. The van der Waals surface area contributed by atoms with Crippen LogP contribution in [0.5, 0.6) is 0 Å². The summed E-state index contributed by atoms with van der Waals surface area (Å²) in [7, 11) is 0. The van der Waals surface area contributed by atoms with Gasteiger partial charge in [0.05, 0.1) is 22.2 Å². The van der Waals surface area contributed by atoms with Gasteiger partial charge in [0.15, 0.2) is 0 Å². The van der Waals surface area contributed by atoms with Crippen molar-refractivity contribution in [2.75, 3.05) is 25.0 Å². The Morgan fingerprint density at radius 2 is 1.75 bits per heavy atom. The average molecular weight is 566 g/mol. The number of nitriles is 1. The number of carbonyl (C=O) groups is 1. The van der Waals surface area contributed by atoms with E-state index >= 15 is 0 Å². The summed E-state index contributed by atoms with van der Waals surface area (Å²) in [5.74, 6) is 0.489. The summed E-state index contributed by atoms with van der Waals surface area (Å²) in [5.41, 5.74) is 2.67. The van der Waals surface area contributed by atoms with Crippen molar-refractivity contribution < 1.29 is 18.0 Å². The molecule has 0 unspecified atom stereocenters. The number of nitrogens with zero attached hydrogens (tertiary/aromatic N) is 2. The highest BCUT2D eigenvalue weighted by Gasteiger charge is 2.38. The van der Waals surface area contributed by atoms with Crippen molar-refractivity contribution in [3.63, 3.8) is 0 Å². The molecule has 8 heteroatoms. The Morgan fingerprint density at radius 1 is 1.02 bits per heavy atom. The van der Waals surface area contributed by atoms with E-state index in [-0.39, 0.29) is 23.4 Å². The Morgan fingerprint density at radius 3 is 2.40 bits per heavy atom. The van der Waals surface area contributed by atoms with Gasteiger partial charge in [0, 0.05) is 18.7 Å². The number of hydrogen-bond acceptors (Lipinski definition) is 3. The van der Waals surface area contributed by atoms with E-state index in [1.54, 1.807) is 6.07 Å².